The van der Waals surface area contributed by atoms with Gasteiger partial charge in [-0.25, -0.2) is 21.6 Å². The minimum absolute atomic E-state index is 0.159. The van der Waals surface area contributed by atoms with Gasteiger partial charge in [-0.15, -0.1) is 0 Å². The number of nitrogens with one attached hydrogen (secondary N) is 2. The van der Waals surface area contributed by atoms with Crippen molar-refractivity contribution in [1.82, 2.24) is 4.72 Å². The smallest absolute Gasteiger partial charge is 0.242 e. The first-order valence-corrected chi connectivity index (χ1v) is 9.27. The Morgan fingerprint density at radius 2 is 1.64 bits per heavy atom. The first-order chi connectivity index (χ1) is 13.1. The molecule has 0 aliphatic rings. The largest absolute Gasteiger partial charge is 0.493 e. The van der Waals surface area contributed by atoms with E-state index in [9.17, 15) is 26.4 Å². The lowest BCUT2D eigenvalue weighted by Gasteiger charge is -2.16. The van der Waals surface area contributed by atoms with Crippen molar-refractivity contribution in [3.05, 3.63) is 47.8 Å². The van der Waals surface area contributed by atoms with Gasteiger partial charge in [0.25, 0.3) is 0 Å². The molecule has 0 aliphatic carbocycles. The van der Waals surface area contributed by atoms with E-state index < -0.39 is 45.1 Å². The molecule has 0 saturated carbocycles. The van der Waals surface area contributed by atoms with Crippen molar-refractivity contribution in [3.8, 4) is 11.5 Å². The van der Waals surface area contributed by atoms with E-state index in [-0.39, 0.29) is 10.6 Å². The molecule has 0 saturated heterocycles. The molecule has 0 bridgehead atoms. The molecule has 11 heteroatoms. The van der Waals surface area contributed by atoms with Crippen LogP contribution in [0.2, 0.25) is 0 Å². The molecule has 2 rings (SSSR count). The Hall–Kier alpha value is -2.79. The van der Waals surface area contributed by atoms with Crippen LogP contribution in [0.25, 0.3) is 0 Å². The molecule has 0 fully saturated rings. The summed E-state index contributed by atoms with van der Waals surface area (Å²) in [6, 6.07) is 3.90. The predicted molar refractivity (Wildman–Crippen MR) is 94.3 cm³/mol. The lowest BCUT2D eigenvalue weighted by atomic mass is 10.2. The molecule has 1 atom stereocenters. The number of amides is 1. The molecule has 0 radical (unpaired) electrons. The molecule has 0 aliphatic heterocycles. The van der Waals surface area contributed by atoms with Crippen LogP contribution in [0.5, 0.6) is 11.5 Å². The number of hydrogen-bond donors (Lipinski definition) is 2. The molecule has 2 N–H and O–H groups in total. The van der Waals surface area contributed by atoms with Crippen molar-refractivity contribution < 1.29 is 35.9 Å². The second kappa shape index (κ2) is 8.48. The minimum atomic E-state index is -4.15. The summed E-state index contributed by atoms with van der Waals surface area (Å²) in [5.41, 5.74) is -0.624. The van der Waals surface area contributed by atoms with Crippen molar-refractivity contribution >= 4 is 21.6 Å². The van der Waals surface area contributed by atoms with Gasteiger partial charge in [-0.05, 0) is 31.2 Å². The van der Waals surface area contributed by atoms with Crippen LogP contribution in [0.3, 0.4) is 0 Å². The monoisotopic (exact) mass is 418 g/mol. The Bertz CT molecular complexity index is 999. The van der Waals surface area contributed by atoms with Crippen molar-refractivity contribution in [2.75, 3.05) is 19.5 Å². The van der Waals surface area contributed by atoms with Crippen LogP contribution in [0.1, 0.15) is 6.92 Å². The Labute approximate surface area is 159 Å². The fraction of sp³-hybridized carbons (Fsp3) is 0.235. The van der Waals surface area contributed by atoms with Crippen LogP contribution in [0, 0.1) is 17.5 Å². The summed E-state index contributed by atoms with van der Waals surface area (Å²) in [5.74, 6) is -5.28. The van der Waals surface area contributed by atoms with E-state index in [1.54, 1.807) is 0 Å². The summed E-state index contributed by atoms with van der Waals surface area (Å²) in [7, 11) is -1.44. The summed E-state index contributed by atoms with van der Waals surface area (Å²) in [5, 5.41) is 2.00. The van der Waals surface area contributed by atoms with Gasteiger partial charge in [0.2, 0.25) is 15.9 Å². The molecule has 0 heterocycles. The maximum absolute atomic E-state index is 13.6. The quantitative estimate of drug-likeness (QED) is 0.674. The molecule has 1 amide bonds. The fourth-order valence-electron chi connectivity index (χ4n) is 2.20. The topological polar surface area (TPSA) is 93.7 Å². The number of ether oxygens (including phenoxy) is 2. The number of benzene rings is 2. The number of rotatable bonds is 7. The van der Waals surface area contributed by atoms with Gasteiger partial charge in [0.05, 0.1) is 30.8 Å². The Kier molecular flexibility index (Phi) is 6.52. The molecule has 0 unspecified atom stereocenters. The molecule has 2 aromatic rings. The first-order valence-electron chi connectivity index (χ1n) is 7.79. The van der Waals surface area contributed by atoms with Gasteiger partial charge in [-0.3, -0.25) is 4.79 Å². The van der Waals surface area contributed by atoms with Crippen molar-refractivity contribution in [3.63, 3.8) is 0 Å². The molecule has 7 nitrogen and oxygen atoms in total. The summed E-state index contributed by atoms with van der Waals surface area (Å²) in [6.07, 6.45) is 0. The Morgan fingerprint density at radius 3 is 2.25 bits per heavy atom. The third-order valence-corrected chi connectivity index (χ3v) is 5.22. The van der Waals surface area contributed by atoms with E-state index in [1.807, 2.05) is 5.32 Å². The van der Waals surface area contributed by atoms with Crippen LogP contribution < -0.4 is 19.5 Å². The molecule has 152 valence electrons. The van der Waals surface area contributed by atoms with E-state index in [1.165, 1.54) is 39.3 Å². The SMILES string of the molecule is COc1ccc(S(=O)(=O)N[C@@H](C)C(=O)Nc2ccc(F)c(F)c2F)cc1OC. The maximum Gasteiger partial charge on any atom is 0.242 e. The molecule has 0 spiro atoms. The van der Waals surface area contributed by atoms with E-state index in [0.29, 0.717) is 11.8 Å². The standard InChI is InChI=1S/C17H17F3N2O5S/c1-9(17(23)21-12-6-5-11(18)15(19)16(12)20)22-28(24,25)10-4-7-13(26-2)14(8-10)27-3/h4-9,22H,1-3H3,(H,21,23)/t9-/m0/s1. The average Bonchev–Trinajstić information content (AvgIpc) is 2.67. The van der Waals surface area contributed by atoms with E-state index in [0.717, 1.165) is 6.07 Å². The lowest BCUT2D eigenvalue weighted by Crippen LogP contribution is -2.41. The van der Waals surface area contributed by atoms with Gasteiger partial charge in [0.15, 0.2) is 29.0 Å². The zero-order valence-corrected chi connectivity index (χ0v) is 15.9. The Balaban J connectivity index is 2.18. The molecular formula is C17H17F3N2O5S. The van der Waals surface area contributed by atoms with Crippen molar-refractivity contribution in [2.24, 2.45) is 0 Å². The van der Waals surface area contributed by atoms with Crippen LogP contribution >= 0.6 is 0 Å². The average molecular weight is 418 g/mol. The first kappa shape index (κ1) is 21.5. The van der Waals surface area contributed by atoms with Gasteiger partial charge < -0.3 is 14.8 Å². The zero-order chi connectivity index (χ0) is 21.1. The number of sulfonamides is 1. The van der Waals surface area contributed by atoms with E-state index in [4.69, 9.17) is 9.47 Å². The van der Waals surface area contributed by atoms with E-state index >= 15 is 0 Å². The molecule has 0 aromatic heterocycles. The fourth-order valence-corrected chi connectivity index (χ4v) is 3.42. The summed E-state index contributed by atoms with van der Waals surface area (Å²) in [4.78, 5) is 11.9. The van der Waals surface area contributed by atoms with Gasteiger partial charge in [0.1, 0.15) is 0 Å². The van der Waals surface area contributed by atoms with Gasteiger partial charge in [-0.1, -0.05) is 0 Å². The number of hydrogen-bond acceptors (Lipinski definition) is 5. The summed E-state index contributed by atoms with van der Waals surface area (Å²) >= 11 is 0. The van der Waals surface area contributed by atoms with Gasteiger partial charge in [0, 0.05) is 6.07 Å². The second-order valence-corrected chi connectivity index (χ2v) is 7.29. The highest BCUT2D eigenvalue weighted by molar-refractivity contribution is 7.89. The third-order valence-electron chi connectivity index (χ3n) is 3.68. The maximum atomic E-state index is 13.6. The minimum Gasteiger partial charge on any atom is -0.493 e. The number of anilines is 1. The highest BCUT2D eigenvalue weighted by Gasteiger charge is 2.24. The van der Waals surface area contributed by atoms with Crippen LogP contribution in [0.15, 0.2) is 35.2 Å². The zero-order valence-electron chi connectivity index (χ0n) is 15.0. The summed E-state index contributed by atoms with van der Waals surface area (Å²) in [6.45, 7) is 1.20. The molecule has 28 heavy (non-hydrogen) atoms. The Morgan fingerprint density at radius 1 is 1.00 bits per heavy atom. The van der Waals surface area contributed by atoms with Crippen molar-refractivity contribution in [2.45, 2.75) is 17.9 Å². The summed E-state index contributed by atoms with van der Waals surface area (Å²) < 4.78 is 76.9. The van der Waals surface area contributed by atoms with Gasteiger partial charge >= 0.3 is 0 Å². The molecular weight excluding hydrogens is 401 g/mol. The number of halogens is 3. The van der Waals surface area contributed by atoms with Crippen molar-refractivity contribution in [1.29, 1.82) is 0 Å². The number of carbonyl (C=O) groups is 1. The molecule has 2 aromatic carbocycles. The highest BCUT2D eigenvalue weighted by Crippen LogP contribution is 2.29. The second-order valence-electron chi connectivity index (χ2n) is 5.57. The van der Waals surface area contributed by atoms with Crippen LogP contribution in [-0.4, -0.2) is 34.6 Å². The van der Waals surface area contributed by atoms with Crippen LogP contribution in [0.4, 0.5) is 18.9 Å². The van der Waals surface area contributed by atoms with E-state index in [2.05, 4.69) is 4.72 Å². The normalized spacial score (nSPS) is 12.4. The van der Waals surface area contributed by atoms with Gasteiger partial charge in [-0.2, -0.15) is 4.72 Å². The predicted octanol–water partition coefficient (Wildman–Crippen LogP) is 2.43. The van der Waals surface area contributed by atoms with Crippen LogP contribution in [-0.2, 0) is 14.8 Å². The number of carbonyl (C=O) groups excluding carboxylic acids is 1. The highest BCUT2D eigenvalue weighted by atomic mass is 32.2. The third kappa shape index (κ3) is 4.54. The lowest BCUT2D eigenvalue weighted by molar-refractivity contribution is -0.117. The number of methoxy groups -OCH3 is 2.